The van der Waals surface area contributed by atoms with E-state index in [1.165, 1.54) is 0 Å². The molecule has 0 aromatic heterocycles. The predicted octanol–water partition coefficient (Wildman–Crippen LogP) is 0.209. The molecule has 0 spiro atoms. The summed E-state index contributed by atoms with van der Waals surface area (Å²) >= 11 is 0. The minimum absolute atomic E-state index is 0.223. The van der Waals surface area contributed by atoms with Crippen LogP contribution in [0.25, 0.3) is 0 Å². The third-order valence-corrected chi connectivity index (χ3v) is 2.50. The first-order chi connectivity index (χ1) is 5.07. The average Bonchev–Trinajstić information content (AvgIpc) is 1.86. The van der Waals surface area contributed by atoms with Gasteiger partial charge in [-0.2, -0.15) is 5.26 Å². The van der Waals surface area contributed by atoms with Crippen molar-refractivity contribution >= 4 is 10.8 Å². The number of nitrogens with zero attached hydrogens (tertiary/aromatic N) is 2. The highest BCUT2D eigenvalue weighted by Gasteiger charge is 2.09. The molecule has 0 bridgehead atoms. The second-order valence-electron chi connectivity index (χ2n) is 2.66. The van der Waals surface area contributed by atoms with E-state index >= 15 is 0 Å². The third kappa shape index (κ3) is 4.93. The largest absolute Gasteiger partial charge is 0.290 e. The highest BCUT2D eigenvalue weighted by Crippen LogP contribution is 1.95. The van der Waals surface area contributed by atoms with Crippen molar-refractivity contribution in [1.82, 2.24) is 4.90 Å². The van der Waals surface area contributed by atoms with E-state index in [4.69, 9.17) is 5.26 Å². The van der Waals surface area contributed by atoms with Crippen LogP contribution in [0, 0.1) is 11.3 Å². The van der Waals surface area contributed by atoms with Crippen LogP contribution in [0.15, 0.2) is 0 Å². The van der Waals surface area contributed by atoms with Gasteiger partial charge in [-0.05, 0) is 14.0 Å². The first-order valence-corrected chi connectivity index (χ1v) is 5.18. The standard InChI is InChI=1S/C7H14N2OS/c1-7(6-11(3)10)9(2)5-4-8/h7H,5-6H2,1-3H3. The summed E-state index contributed by atoms with van der Waals surface area (Å²) in [6, 6.07) is 2.27. The van der Waals surface area contributed by atoms with Crippen LogP contribution in [0.2, 0.25) is 0 Å². The summed E-state index contributed by atoms with van der Waals surface area (Å²) in [5.74, 6) is 0.637. The lowest BCUT2D eigenvalue weighted by atomic mass is 10.3. The quantitative estimate of drug-likeness (QED) is 0.572. The lowest BCUT2D eigenvalue weighted by Crippen LogP contribution is -2.33. The van der Waals surface area contributed by atoms with Gasteiger partial charge in [-0.15, -0.1) is 0 Å². The molecule has 0 N–H and O–H groups in total. The predicted molar refractivity (Wildman–Crippen MR) is 46.6 cm³/mol. The van der Waals surface area contributed by atoms with E-state index in [9.17, 15) is 4.21 Å². The van der Waals surface area contributed by atoms with Crippen LogP contribution in [0.3, 0.4) is 0 Å². The molecule has 0 aliphatic rings. The van der Waals surface area contributed by atoms with E-state index in [0.29, 0.717) is 12.3 Å². The Labute approximate surface area is 70.5 Å². The van der Waals surface area contributed by atoms with Gasteiger partial charge in [0.25, 0.3) is 0 Å². The van der Waals surface area contributed by atoms with Crippen molar-refractivity contribution < 1.29 is 4.21 Å². The normalized spacial score (nSPS) is 15.9. The van der Waals surface area contributed by atoms with E-state index in [1.807, 2.05) is 24.9 Å². The van der Waals surface area contributed by atoms with Gasteiger partial charge in [-0.1, -0.05) is 0 Å². The van der Waals surface area contributed by atoms with E-state index in [2.05, 4.69) is 0 Å². The third-order valence-electron chi connectivity index (χ3n) is 1.55. The number of nitriles is 1. The summed E-state index contributed by atoms with van der Waals surface area (Å²) in [7, 11) is 1.09. The van der Waals surface area contributed by atoms with E-state index in [1.54, 1.807) is 6.26 Å². The SMILES string of the molecule is CC(CS(C)=O)N(C)CC#N. The van der Waals surface area contributed by atoms with Crippen molar-refractivity contribution in [1.29, 1.82) is 5.26 Å². The fraction of sp³-hybridized carbons (Fsp3) is 0.857. The van der Waals surface area contributed by atoms with Crippen molar-refractivity contribution in [3.63, 3.8) is 0 Å². The van der Waals surface area contributed by atoms with Gasteiger partial charge < -0.3 is 0 Å². The van der Waals surface area contributed by atoms with E-state index in [0.717, 1.165) is 0 Å². The van der Waals surface area contributed by atoms with E-state index < -0.39 is 10.8 Å². The summed E-state index contributed by atoms with van der Waals surface area (Å²) in [4.78, 5) is 1.89. The molecule has 2 unspecified atom stereocenters. The summed E-state index contributed by atoms with van der Waals surface area (Å²) in [5.41, 5.74) is 0. The Morgan fingerprint density at radius 2 is 2.27 bits per heavy atom. The van der Waals surface area contributed by atoms with Crippen LogP contribution in [0.5, 0.6) is 0 Å². The topological polar surface area (TPSA) is 44.1 Å². The summed E-state index contributed by atoms with van der Waals surface area (Å²) in [6.45, 7) is 2.37. The molecule has 0 heterocycles. The van der Waals surface area contributed by atoms with Crippen molar-refractivity contribution in [3.8, 4) is 6.07 Å². The summed E-state index contributed by atoms with van der Waals surface area (Å²) < 4.78 is 10.8. The molecular weight excluding hydrogens is 160 g/mol. The molecule has 4 heteroatoms. The molecule has 0 aliphatic carbocycles. The minimum Gasteiger partial charge on any atom is -0.290 e. The number of hydrogen-bond acceptors (Lipinski definition) is 3. The molecule has 0 saturated carbocycles. The van der Waals surface area contributed by atoms with Crippen LogP contribution < -0.4 is 0 Å². The maximum atomic E-state index is 10.8. The first kappa shape index (κ1) is 10.6. The molecule has 2 atom stereocenters. The molecule has 0 amide bonds. The van der Waals surface area contributed by atoms with Gasteiger partial charge >= 0.3 is 0 Å². The van der Waals surface area contributed by atoms with Crippen LogP contribution in [-0.2, 0) is 10.8 Å². The van der Waals surface area contributed by atoms with Crippen LogP contribution in [0.1, 0.15) is 6.92 Å². The molecule has 11 heavy (non-hydrogen) atoms. The zero-order valence-electron chi connectivity index (χ0n) is 7.20. The fourth-order valence-electron chi connectivity index (χ4n) is 0.734. The smallest absolute Gasteiger partial charge is 0.0866 e. The Balaban J connectivity index is 3.74. The van der Waals surface area contributed by atoms with Gasteiger partial charge in [-0.25, -0.2) is 0 Å². The fourth-order valence-corrected chi connectivity index (χ4v) is 1.67. The zero-order chi connectivity index (χ0) is 8.85. The number of hydrogen-bond donors (Lipinski definition) is 0. The van der Waals surface area contributed by atoms with Gasteiger partial charge in [0.2, 0.25) is 0 Å². The molecule has 0 aromatic rings. The molecule has 0 fully saturated rings. The van der Waals surface area contributed by atoms with Gasteiger partial charge in [0.1, 0.15) is 0 Å². The van der Waals surface area contributed by atoms with Gasteiger partial charge in [0.15, 0.2) is 0 Å². The van der Waals surface area contributed by atoms with Crippen LogP contribution in [-0.4, -0.2) is 40.8 Å². The van der Waals surface area contributed by atoms with Crippen molar-refractivity contribution in [3.05, 3.63) is 0 Å². The number of rotatable bonds is 4. The molecule has 64 valence electrons. The molecule has 0 radical (unpaired) electrons. The summed E-state index contributed by atoms with van der Waals surface area (Å²) in [6.07, 6.45) is 1.68. The molecule has 0 aliphatic heterocycles. The lowest BCUT2D eigenvalue weighted by molar-refractivity contribution is 0.309. The van der Waals surface area contributed by atoms with Crippen molar-refractivity contribution in [2.75, 3.05) is 25.6 Å². The lowest BCUT2D eigenvalue weighted by Gasteiger charge is -2.20. The minimum atomic E-state index is -0.771. The zero-order valence-corrected chi connectivity index (χ0v) is 8.02. The maximum absolute atomic E-state index is 10.8. The molecule has 0 aromatic carbocycles. The average molecular weight is 174 g/mol. The Bertz CT molecular complexity index is 176. The second kappa shape index (κ2) is 5.28. The molecule has 0 saturated heterocycles. The molecular formula is C7H14N2OS. The Morgan fingerprint density at radius 1 is 1.73 bits per heavy atom. The maximum Gasteiger partial charge on any atom is 0.0866 e. The van der Waals surface area contributed by atoms with Gasteiger partial charge in [-0.3, -0.25) is 9.11 Å². The van der Waals surface area contributed by atoms with Crippen LogP contribution >= 0.6 is 0 Å². The first-order valence-electron chi connectivity index (χ1n) is 3.45. The molecule has 0 rings (SSSR count). The Hall–Kier alpha value is -0.400. The van der Waals surface area contributed by atoms with Crippen LogP contribution in [0.4, 0.5) is 0 Å². The monoisotopic (exact) mass is 174 g/mol. The van der Waals surface area contributed by atoms with Crippen molar-refractivity contribution in [2.24, 2.45) is 0 Å². The Kier molecular flexibility index (Phi) is 5.08. The van der Waals surface area contributed by atoms with E-state index in [-0.39, 0.29) is 6.04 Å². The van der Waals surface area contributed by atoms with Gasteiger partial charge in [0.05, 0.1) is 12.6 Å². The highest BCUT2D eigenvalue weighted by atomic mass is 32.2. The van der Waals surface area contributed by atoms with Crippen molar-refractivity contribution in [2.45, 2.75) is 13.0 Å². The Morgan fingerprint density at radius 3 is 2.64 bits per heavy atom. The van der Waals surface area contributed by atoms with Gasteiger partial charge in [0, 0.05) is 28.9 Å². The molecule has 3 nitrogen and oxygen atoms in total. The second-order valence-corrected chi connectivity index (χ2v) is 4.14. The summed E-state index contributed by atoms with van der Waals surface area (Å²) in [5, 5.41) is 8.35. The highest BCUT2D eigenvalue weighted by molar-refractivity contribution is 7.84.